The van der Waals surface area contributed by atoms with E-state index < -0.39 is 6.04 Å². The Bertz CT molecular complexity index is 2520. The van der Waals surface area contributed by atoms with Crippen LogP contribution in [-0.2, 0) is 28.7 Å². The van der Waals surface area contributed by atoms with Gasteiger partial charge in [-0.25, -0.2) is 4.98 Å². The first-order valence-corrected chi connectivity index (χ1v) is 23.7. The molecule has 15 heteroatoms. The first-order valence-electron chi connectivity index (χ1n) is 22.9. The van der Waals surface area contributed by atoms with Gasteiger partial charge in [0.2, 0.25) is 17.7 Å². The number of nitrogens with one attached hydrogen (secondary N) is 2. The highest BCUT2D eigenvalue weighted by atomic mass is 32.1. The number of hydrogen-bond donors (Lipinski definition) is 2. The summed E-state index contributed by atoms with van der Waals surface area (Å²) in [5.74, 6) is 1.65. The zero-order valence-corrected chi connectivity index (χ0v) is 36.6. The molecule has 6 fully saturated rings. The first-order chi connectivity index (χ1) is 30.7. The summed E-state index contributed by atoms with van der Waals surface area (Å²) in [5, 5.41) is 2.99. The van der Waals surface area contributed by atoms with Gasteiger partial charge in [-0.2, -0.15) is 8.75 Å². The van der Waals surface area contributed by atoms with E-state index in [1.165, 1.54) is 18.7 Å². The molecule has 0 radical (unpaired) electrons. The molecule has 4 saturated heterocycles. The van der Waals surface area contributed by atoms with Crippen molar-refractivity contribution in [1.82, 2.24) is 33.8 Å². The van der Waals surface area contributed by atoms with E-state index >= 15 is 0 Å². The lowest BCUT2D eigenvalue weighted by atomic mass is 9.81. The van der Waals surface area contributed by atoms with Crippen LogP contribution in [0.25, 0.3) is 39.0 Å². The van der Waals surface area contributed by atoms with Gasteiger partial charge in [0.15, 0.2) is 0 Å². The summed E-state index contributed by atoms with van der Waals surface area (Å²) in [7, 11) is 0. The van der Waals surface area contributed by atoms with Crippen LogP contribution >= 0.6 is 11.7 Å². The second-order valence-corrected chi connectivity index (χ2v) is 19.6. The Labute approximate surface area is 370 Å². The molecule has 2 aromatic carbocycles. The van der Waals surface area contributed by atoms with Gasteiger partial charge < -0.3 is 34.4 Å². The normalized spacial score (nSPS) is 27.7. The fourth-order valence-corrected chi connectivity index (χ4v) is 12.2. The van der Waals surface area contributed by atoms with E-state index in [1.54, 1.807) is 6.92 Å². The second kappa shape index (κ2) is 16.5. The number of carbonyl (C=O) groups is 4. The van der Waals surface area contributed by atoms with Crippen LogP contribution in [0.1, 0.15) is 95.5 Å². The zero-order chi connectivity index (χ0) is 42.9. The van der Waals surface area contributed by atoms with Crippen molar-refractivity contribution < 1.29 is 28.7 Å². The lowest BCUT2D eigenvalue weighted by Gasteiger charge is -2.35. The lowest BCUT2D eigenvalue weighted by molar-refractivity contribution is -0.142. The minimum atomic E-state index is -0.560. The standard InChI is InChI=1S/C48H54N8O6S/c1-25(57)17-36(28-9-13-61-14-10-28)47(59)55-39-19-31(39)21-41(55)37-18-33(23-49-37)35-8-7-34(44-45(35)54-63-53-44)27-3-5-29(6-4-27)38-24-50-46(52-38)42-22-32-20-40(32)56(42)48(60)43(51-26(2)58)30-11-15-62-16-12-30/h3-8,23-24,28,30-32,36,39-43H,9-22H2,1-2H3,(H,50,52)(H,51,58)/t31-,32-,36+,39-,40-,41+,42+,43+/m1/s1. The van der Waals surface area contributed by atoms with Gasteiger partial charge in [-0.1, -0.05) is 36.4 Å². The van der Waals surface area contributed by atoms with Crippen molar-refractivity contribution >= 4 is 57.6 Å². The van der Waals surface area contributed by atoms with Crippen LogP contribution in [0, 0.1) is 29.6 Å². The van der Waals surface area contributed by atoms with Crippen molar-refractivity contribution in [3.05, 3.63) is 60.2 Å². The molecule has 11 rings (SSSR count). The summed E-state index contributed by atoms with van der Waals surface area (Å²) in [5.41, 5.74) is 8.67. The molecule has 63 heavy (non-hydrogen) atoms. The molecular weight excluding hydrogens is 817 g/mol. The predicted octanol–water partition coefficient (Wildman–Crippen LogP) is 6.54. The number of aromatic amines is 1. The van der Waals surface area contributed by atoms with Gasteiger partial charge in [-0.05, 0) is 98.7 Å². The second-order valence-electron chi connectivity index (χ2n) is 19.0. The monoisotopic (exact) mass is 870 g/mol. The average Bonchev–Trinajstić information content (AvgIpc) is 3.76. The number of hydrogen-bond acceptors (Lipinski definition) is 11. The molecule has 8 atom stereocenters. The predicted molar refractivity (Wildman–Crippen MR) is 237 cm³/mol. The molecule has 0 spiro atoms. The number of ketones is 1. The smallest absolute Gasteiger partial charge is 0.246 e. The van der Waals surface area contributed by atoms with Crippen LogP contribution in [0.2, 0.25) is 0 Å². The van der Waals surface area contributed by atoms with Crippen LogP contribution in [-0.4, -0.2) is 108 Å². The Morgan fingerprint density at radius 3 is 2.08 bits per heavy atom. The molecule has 328 valence electrons. The van der Waals surface area contributed by atoms with Crippen molar-refractivity contribution in [1.29, 1.82) is 0 Å². The largest absolute Gasteiger partial charge is 0.381 e. The Hall–Kier alpha value is -5.12. The molecule has 0 bridgehead atoms. The molecule has 0 unspecified atom stereocenters. The van der Waals surface area contributed by atoms with E-state index in [-0.39, 0.29) is 71.8 Å². The Morgan fingerprint density at radius 2 is 1.40 bits per heavy atom. The Morgan fingerprint density at radius 1 is 0.778 bits per heavy atom. The number of benzene rings is 2. The quantitative estimate of drug-likeness (QED) is 0.161. The van der Waals surface area contributed by atoms with Gasteiger partial charge in [0, 0.05) is 87.2 Å². The number of amides is 3. The first kappa shape index (κ1) is 40.6. The number of rotatable bonds is 12. The van der Waals surface area contributed by atoms with Crippen molar-refractivity contribution in [2.75, 3.05) is 26.4 Å². The lowest BCUT2D eigenvalue weighted by Crippen LogP contribution is -2.53. The maximum Gasteiger partial charge on any atom is 0.246 e. The number of imidazole rings is 1. The van der Waals surface area contributed by atoms with Crippen LogP contribution in [0.4, 0.5) is 0 Å². The summed E-state index contributed by atoms with van der Waals surface area (Å²) in [4.78, 5) is 70.7. The number of nitrogens with zero attached hydrogens (tertiary/aromatic N) is 6. The minimum Gasteiger partial charge on any atom is -0.381 e. The number of aliphatic imine (C=N–C) groups is 1. The van der Waals surface area contributed by atoms with Gasteiger partial charge in [-0.3, -0.25) is 19.4 Å². The molecule has 2 aromatic heterocycles. The Kier molecular flexibility index (Phi) is 10.6. The molecule has 2 N–H and O–H groups in total. The third kappa shape index (κ3) is 7.63. The number of aromatic nitrogens is 4. The molecule has 7 aliphatic rings. The molecule has 3 amide bonds. The number of fused-ring (bicyclic) bond motifs is 3. The van der Waals surface area contributed by atoms with Crippen molar-refractivity contribution in [2.45, 2.75) is 108 Å². The van der Waals surface area contributed by atoms with E-state index in [0.29, 0.717) is 44.7 Å². The summed E-state index contributed by atoms with van der Waals surface area (Å²) in [6.45, 7) is 5.57. The van der Waals surface area contributed by atoms with E-state index in [0.717, 1.165) is 107 Å². The van der Waals surface area contributed by atoms with E-state index in [4.69, 9.17) is 28.2 Å². The molecule has 7 heterocycles. The molecular formula is C48H54N8O6S. The number of ether oxygens (including phenoxy) is 2. The molecule has 2 saturated carbocycles. The van der Waals surface area contributed by atoms with Crippen molar-refractivity contribution in [2.24, 2.45) is 34.6 Å². The SMILES string of the molecule is CC(=O)C[C@H](C(=O)N1[C@@H]2C[C@@H]2C[C@H]1C1=NC=C(c2ccc(-c3ccc(-c4cnc([C@@H]5C[C@H]6C[C@H]6N5C(=O)[C@@H](NC(C)=O)C5CCOCC5)[nH]4)cc3)c3nsnc23)C1)C1CCOCC1. The van der Waals surface area contributed by atoms with Crippen molar-refractivity contribution in [3.63, 3.8) is 0 Å². The third-order valence-electron chi connectivity index (χ3n) is 15.1. The fraction of sp³-hybridized carbons (Fsp3) is 0.542. The highest BCUT2D eigenvalue weighted by molar-refractivity contribution is 7.00. The van der Waals surface area contributed by atoms with Gasteiger partial charge in [0.25, 0.3) is 0 Å². The molecule has 5 aliphatic heterocycles. The third-order valence-corrected chi connectivity index (χ3v) is 15.6. The summed E-state index contributed by atoms with van der Waals surface area (Å²) in [6.07, 6.45) is 11.7. The Balaban J connectivity index is 0.781. The van der Waals surface area contributed by atoms with E-state index in [9.17, 15) is 19.2 Å². The topological polar surface area (TPSA) is 172 Å². The van der Waals surface area contributed by atoms with Gasteiger partial charge >= 0.3 is 0 Å². The maximum absolute atomic E-state index is 14.4. The summed E-state index contributed by atoms with van der Waals surface area (Å²) >= 11 is 1.20. The molecule has 14 nitrogen and oxygen atoms in total. The number of likely N-dealkylation sites (tertiary alicyclic amines) is 2. The number of H-pyrrole nitrogens is 1. The number of allylic oxidation sites excluding steroid dienone is 1. The van der Waals surface area contributed by atoms with E-state index in [1.807, 2.05) is 17.3 Å². The number of piperidine rings is 2. The fourth-order valence-electron chi connectivity index (χ4n) is 11.6. The van der Waals surface area contributed by atoms with Gasteiger partial charge in [0.1, 0.15) is 28.7 Å². The average molecular weight is 871 g/mol. The van der Waals surface area contributed by atoms with Gasteiger partial charge in [-0.15, -0.1) is 0 Å². The minimum absolute atomic E-state index is 0.00883. The molecule has 4 aromatic rings. The zero-order valence-electron chi connectivity index (χ0n) is 35.8. The highest BCUT2D eigenvalue weighted by Crippen LogP contribution is 2.54. The summed E-state index contributed by atoms with van der Waals surface area (Å²) in [6, 6.07) is 12.3. The van der Waals surface area contributed by atoms with Crippen molar-refractivity contribution in [3.8, 4) is 22.4 Å². The number of Topliss-reactive ketones (excluding diaryl/α,β-unsaturated/α-hetero) is 1. The summed E-state index contributed by atoms with van der Waals surface area (Å²) < 4.78 is 20.7. The number of carbonyl (C=O) groups excluding carboxylic acids is 4. The van der Waals surface area contributed by atoms with Crippen LogP contribution in [0.3, 0.4) is 0 Å². The van der Waals surface area contributed by atoms with Gasteiger partial charge in [0.05, 0.1) is 35.7 Å². The van der Waals surface area contributed by atoms with Crippen LogP contribution in [0.5, 0.6) is 0 Å². The maximum atomic E-state index is 14.4. The van der Waals surface area contributed by atoms with Crippen LogP contribution in [0.15, 0.2) is 53.8 Å². The highest BCUT2D eigenvalue weighted by Gasteiger charge is 2.58. The molecule has 2 aliphatic carbocycles. The van der Waals surface area contributed by atoms with Crippen LogP contribution < -0.4 is 5.32 Å². The van der Waals surface area contributed by atoms with E-state index in [2.05, 4.69) is 51.6 Å².